The molecule has 172 valence electrons. The Morgan fingerprint density at radius 1 is 1.18 bits per heavy atom. The van der Waals surface area contributed by atoms with Crippen LogP contribution in [0.3, 0.4) is 0 Å². The number of benzene rings is 1. The van der Waals surface area contributed by atoms with Crippen molar-refractivity contribution in [3.05, 3.63) is 76.1 Å². The zero-order chi connectivity index (χ0) is 23.7. The molecule has 4 heterocycles. The second kappa shape index (κ2) is 9.12. The number of fused-ring (bicyclic) bond motifs is 2. The Balaban J connectivity index is 1.70. The highest BCUT2D eigenvalue weighted by atomic mass is 16.1. The van der Waals surface area contributed by atoms with Crippen LogP contribution in [0.15, 0.2) is 59.3 Å². The quantitative estimate of drug-likeness (QED) is 0.467. The maximum atomic E-state index is 13.8. The molecule has 8 heteroatoms. The van der Waals surface area contributed by atoms with Crippen LogP contribution in [0.2, 0.25) is 0 Å². The van der Waals surface area contributed by atoms with Crippen molar-refractivity contribution in [2.45, 2.75) is 26.9 Å². The second-order valence-electron chi connectivity index (χ2n) is 8.79. The van der Waals surface area contributed by atoms with Crippen molar-refractivity contribution in [3.8, 4) is 6.07 Å². The first-order valence-corrected chi connectivity index (χ1v) is 11.5. The van der Waals surface area contributed by atoms with Crippen molar-refractivity contribution in [1.82, 2.24) is 24.4 Å². The van der Waals surface area contributed by atoms with E-state index in [1.54, 1.807) is 17.1 Å². The summed E-state index contributed by atoms with van der Waals surface area (Å²) in [5.74, 6) is 0.780. The molecule has 0 saturated carbocycles. The van der Waals surface area contributed by atoms with Gasteiger partial charge in [-0.25, -0.2) is 4.98 Å². The fraction of sp³-hybridized carbons (Fsp3) is 0.308. The van der Waals surface area contributed by atoms with Crippen molar-refractivity contribution in [2.75, 3.05) is 31.1 Å². The maximum Gasteiger partial charge on any atom is 0.278 e. The van der Waals surface area contributed by atoms with Gasteiger partial charge in [-0.1, -0.05) is 35.9 Å². The number of pyridine rings is 1. The van der Waals surface area contributed by atoms with Crippen molar-refractivity contribution in [1.29, 1.82) is 5.26 Å². The molecule has 1 fully saturated rings. The number of rotatable bonds is 5. The van der Waals surface area contributed by atoms with Gasteiger partial charge in [0.15, 0.2) is 0 Å². The lowest BCUT2D eigenvalue weighted by molar-refractivity contribution is 0.576. The van der Waals surface area contributed by atoms with E-state index in [4.69, 9.17) is 0 Å². The van der Waals surface area contributed by atoms with Gasteiger partial charge in [-0.05, 0) is 25.3 Å². The van der Waals surface area contributed by atoms with E-state index in [2.05, 4.69) is 32.3 Å². The molecule has 3 aromatic heterocycles. The van der Waals surface area contributed by atoms with Crippen LogP contribution in [0, 0.1) is 11.3 Å². The van der Waals surface area contributed by atoms with Gasteiger partial charge in [0.2, 0.25) is 0 Å². The first-order chi connectivity index (χ1) is 16.6. The van der Waals surface area contributed by atoms with Crippen molar-refractivity contribution in [3.63, 3.8) is 0 Å². The van der Waals surface area contributed by atoms with Crippen LogP contribution < -0.4 is 15.8 Å². The summed E-state index contributed by atoms with van der Waals surface area (Å²) in [7, 11) is 0. The first kappa shape index (κ1) is 21.9. The fourth-order valence-corrected chi connectivity index (χ4v) is 4.59. The summed E-state index contributed by atoms with van der Waals surface area (Å²) in [6, 6.07) is 12.3. The molecule has 1 aliphatic heterocycles. The van der Waals surface area contributed by atoms with Crippen LogP contribution >= 0.6 is 0 Å². The Kier molecular flexibility index (Phi) is 5.86. The van der Waals surface area contributed by atoms with E-state index >= 15 is 0 Å². The Bertz CT molecular complexity index is 1490. The van der Waals surface area contributed by atoms with Gasteiger partial charge in [0.05, 0.1) is 18.6 Å². The summed E-state index contributed by atoms with van der Waals surface area (Å²) < 4.78 is 3.56. The normalized spacial score (nSPS) is 13.9. The molecule has 1 aliphatic rings. The molecule has 0 spiro atoms. The molecule has 5 rings (SSSR count). The van der Waals surface area contributed by atoms with E-state index in [9.17, 15) is 10.1 Å². The van der Waals surface area contributed by atoms with Gasteiger partial charge >= 0.3 is 0 Å². The van der Waals surface area contributed by atoms with E-state index in [1.165, 1.54) is 0 Å². The third-order valence-corrected chi connectivity index (χ3v) is 6.29. The number of nitrogens with one attached hydrogen (secondary N) is 1. The molecule has 1 N–H and O–H groups in total. The van der Waals surface area contributed by atoms with Gasteiger partial charge in [0.25, 0.3) is 5.56 Å². The molecule has 0 bridgehead atoms. The van der Waals surface area contributed by atoms with Gasteiger partial charge < -0.3 is 14.8 Å². The molecule has 4 aromatic rings. The molecule has 0 atom stereocenters. The van der Waals surface area contributed by atoms with Crippen molar-refractivity contribution in [2.24, 2.45) is 0 Å². The minimum atomic E-state index is -0.167. The van der Waals surface area contributed by atoms with Crippen molar-refractivity contribution < 1.29 is 0 Å². The molecular formula is C26H27N7O. The summed E-state index contributed by atoms with van der Waals surface area (Å²) >= 11 is 0. The van der Waals surface area contributed by atoms with E-state index in [0.717, 1.165) is 54.0 Å². The Morgan fingerprint density at radius 2 is 1.97 bits per heavy atom. The third kappa shape index (κ3) is 3.84. The average molecular weight is 454 g/mol. The summed E-state index contributed by atoms with van der Waals surface area (Å²) in [5, 5.41) is 15.5. The molecule has 0 radical (unpaired) electrons. The minimum absolute atomic E-state index is 0.167. The van der Waals surface area contributed by atoms with Gasteiger partial charge in [-0.2, -0.15) is 5.26 Å². The number of aromatic nitrogens is 4. The van der Waals surface area contributed by atoms with Crippen LogP contribution in [-0.4, -0.2) is 45.3 Å². The van der Waals surface area contributed by atoms with Gasteiger partial charge in [0, 0.05) is 44.3 Å². The number of nitrogens with zero attached hydrogens (tertiary/aromatic N) is 6. The largest absolute Gasteiger partial charge is 0.354 e. The SMILES string of the molecule is CC(C)=CCn1c(N2CCNCC2)c(C#N)c2ncn(Cc3nccc4ccccc34)c(=O)c21. The predicted octanol–water partition coefficient (Wildman–Crippen LogP) is 3.04. The number of hydrogen-bond donors (Lipinski definition) is 1. The molecule has 0 unspecified atom stereocenters. The van der Waals surface area contributed by atoms with E-state index < -0.39 is 0 Å². The molecule has 8 nitrogen and oxygen atoms in total. The van der Waals surface area contributed by atoms with E-state index in [1.807, 2.05) is 48.7 Å². The Labute approximate surface area is 197 Å². The van der Waals surface area contributed by atoms with Gasteiger partial charge in [0.1, 0.15) is 28.5 Å². The standard InChI is InChI=1S/C26H27N7O/c1-18(2)8-12-33-24-23(21(15-27)25(33)31-13-10-28-11-14-31)30-17-32(26(24)34)16-22-20-6-4-3-5-19(20)7-9-29-22/h3-9,17,28H,10-14,16H2,1-2H3. The highest BCUT2D eigenvalue weighted by molar-refractivity contribution is 5.89. The van der Waals surface area contributed by atoms with E-state index in [-0.39, 0.29) is 5.56 Å². The lowest BCUT2D eigenvalue weighted by Crippen LogP contribution is -2.44. The summed E-state index contributed by atoms with van der Waals surface area (Å²) in [4.78, 5) is 25.2. The molecular weight excluding hydrogens is 426 g/mol. The van der Waals surface area contributed by atoms with Crippen LogP contribution in [0.1, 0.15) is 25.1 Å². The summed E-state index contributed by atoms with van der Waals surface area (Å²) in [6.07, 6.45) is 5.39. The Hall–Kier alpha value is -3.96. The van der Waals surface area contributed by atoms with Gasteiger partial charge in [-0.15, -0.1) is 0 Å². The lowest BCUT2D eigenvalue weighted by atomic mass is 10.1. The second-order valence-corrected chi connectivity index (χ2v) is 8.79. The topological polar surface area (TPSA) is 91.8 Å². The average Bonchev–Trinajstić information content (AvgIpc) is 3.19. The monoisotopic (exact) mass is 453 g/mol. The lowest BCUT2D eigenvalue weighted by Gasteiger charge is -2.30. The molecule has 0 amide bonds. The van der Waals surface area contributed by atoms with Gasteiger partial charge in [-0.3, -0.25) is 14.3 Å². The van der Waals surface area contributed by atoms with E-state index in [0.29, 0.717) is 29.7 Å². The maximum absolute atomic E-state index is 13.8. The molecule has 0 aliphatic carbocycles. The summed E-state index contributed by atoms with van der Waals surface area (Å²) in [6.45, 7) is 8.09. The number of anilines is 1. The highest BCUT2D eigenvalue weighted by Crippen LogP contribution is 2.30. The van der Waals surface area contributed by atoms with Crippen LogP contribution in [0.5, 0.6) is 0 Å². The minimum Gasteiger partial charge on any atom is -0.354 e. The zero-order valence-electron chi connectivity index (χ0n) is 19.5. The molecule has 1 aromatic carbocycles. The number of hydrogen-bond acceptors (Lipinski definition) is 6. The van der Waals surface area contributed by atoms with Crippen LogP contribution in [0.4, 0.5) is 5.82 Å². The number of allylic oxidation sites excluding steroid dienone is 2. The van der Waals surface area contributed by atoms with Crippen LogP contribution in [0.25, 0.3) is 21.8 Å². The third-order valence-electron chi connectivity index (χ3n) is 6.29. The van der Waals surface area contributed by atoms with Crippen LogP contribution in [-0.2, 0) is 13.1 Å². The highest BCUT2D eigenvalue weighted by Gasteiger charge is 2.26. The number of nitriles is 1. The summed E-state index contributed by atoms with van der Waals surface area (Å²) in [5.41, 5.74) is 3.18. The Morgan fingerprint density at radius 3 is 2.74 bits per heavy atom. The molecule has 34 heavy (non-hydrogen) atoms. The predicted molar refractivity (Wildman–Crippen MR) is 134 cm³/mol. The van der Waals surface area contributed by atoms with Crippen molar-refractivity contribution >= 4 is 27.6 Å². The fourth-order valence-electron chi connectivity index (χ4n) is 4.59. The molecule has 1 saturated heterocycles. The smallest absolute Gasteiger partial charge is 0.278 e. The first-order valence-electron chi connectivity index (χ1n) is 11.5. The number of piperazine rings is 1. The zero-order valence-corrected chi connectivity index (χ0v) is 19.5.